The Hall–Kier alpha value is -2.80. The molecule has 0 saturated carbocycles. The Kier molecular flexibility index (Phi) is 6.74. The summed E-state index contributed by atoms with van der Waals surface area (Å²) in [5, 5.41) is 2.94. The van der Waals surface area contributed by atoms with Crippen LogP contribution in [-0.2, 0) is 11.3 Å². The summed E-state index contributed by atoms with van der Waals surface area (Å²) < 4.78 is 14.0. The fraction of sp³-hybridized carbons (Fsp3) is 0.500. The van der Waals surface area contributed by atoms with Gasteiger partial charge in [-0.25, -0.2) is 0 Å². The molecule has 0 saturated heterocycles. The zero-order valence-electron chi connectivity index (χ0n) is 19.4. The molecule has 2 N–H and O–H groups in total. The van der Waals surface area contributed by atoms with Gasteiger partial charge in [-0.3, -0.25) is 9.59 Å². The summed E-state index contributed by atoms with van der Waals surface area (Å²) in [6, 6.07) is 9.58. The van der Waals surface area contributed by atoms with Gasteiger partial charge >= 0.3 is 0 Å². The quantitative estimate of drug-likeness (QED) is 0.657. The number of nitrogens with one attached hydrogen (secondary N) is 2. The second-order valence-electron chi connectivity index (χ2n) is 9.43. The van der Waals surface area contributed by atoms with E-state index in [0.717, 1.165) is 27.8 Å². The summed E-state index contributed by atoms with van der Waals surface area (Å²) in [6.45, 7) is 11.4. The van der Waals surface area contributed by atoms with E-state index in [9.17, 15) is 9.59 Å². The molecule has 0 aliphatic carbocycles. The SMILES string of the molecule is Cc1cc(C(=O)C[NH+](C)CC(=O)NC(C)(C)C)c(C)n1C[C@@H]1COc2ccccc2O1. The van der Waals surface area contributed by atoms with Crippen LogP contribution in [0, 0.1) is 13.8 Å². The topological polar surface area (TPSA) is 74.0 Å². The zero-order valence-corrected chi connectivity index (χ0v) is 19.4. The van der Waals surface area contributed by atoms with Crippen LogP contribution < -0.4 is 19.7 Å². The highest BCUT2D eigenvalue weighted by molar-refractivity contribution is 5.98. The second-order valence-corrected chi connectivity index (χ2v) is 9.43. The molecule has 3 rings (SSSR count). The molecule has 7 heteroatoms. The summed E-state index contributed by atoms with van der Waals surface area (Å²) in [7, 11) is 1.87. The molecular weight excluding hydrogens is 394 g/mol. The van der Waals surface area contributed by atoms with E-state index in [1.165, 1.54) is 0 Å². The average Bonchev–Trinajstić information content (AvgIpc) is 2.94. The lowest BCUT2D eigenvalue weighted by Crippen LogP contribution is -3.11. The Morgan fingerprint density at radius 2 is 1.84 bits per heavy atom. The molecule has 0 fully saturated rings. The van der Waals surface area contributed by atoms with Gasteiger partial charge in [-0.15, -0.1) is 0 Å². The van der Waals surface area contributed by atoms with Crippen LogP contribution in [0.25, 0.3) is 0 Å². The van der Waals surface area contributed by atoms with E-state index in [2.05, 4.69) is 9.88 Å². The maximum absolute atomic E-state index is 12.9. The maximum Gasteiger partial charge on any atom is 0.275 e. The van der Waals surface area contributed by atoms with Crippen molar-refractivity contribution in [3.05, 3.63) is 47.3 Å². The van der Waals surface area contributed by atoms with Gasteiger partial charge in [-0.1, -0.05) is 12.1 Å². The highest BCUT2D eigenvalue weighted by atomic mass is 16.6. The number of hydrogen-bond acceptors (Lipinski definition) is 4. The number of aromatic nitrogens is 1. The lowest BCUT2D eigenvalue weighted by molar-refractivity contribution is -0.862. The predicted octanol–water partition coefficient (Wildman–Crippen LogP) is 1.56. The first-order valence-corrected chi connectivity index (χ1v) is 10.7. The summed E-state index contributed by atoms with van der Waals surface area (Å²) >= 11 is 0. The van der Waals surface area contributed by atoms with Gasteiger partial charge in [0.2, 0.25) is 5.78 Å². The van der Waals surface area contributed by atoms with Crippen molar-refractivity contribution in [2.75, 3.05) is 26.7 Å². The van der Waals surface area contributed by atoms with Crippen LogP contribution in [-0.4, -0.2) is 54.6 Å². The lowest BCUT2D eigenvalue weighted by Gasteiger charge is -2.27. The van der Waals surface area contributed by atoms with Crippen LogP contribution in [0.15, 0.2) is 30.3 Å². The highest BCUT2D eigenvalue weighted by Gasteiger charge is 2.25. The van der Waals surface area contributed by atoms with Crippen molar-refractivity contribution in [3.63, 3.8) is 0 Å². The minimum Gasteiger partial charge on any atom is -0.486 e. The molecule has 1 unspecified atom stereocenters. The monoisotopic (exact) mass is 428 g/mol. The number of ether oxygens (including phenoxy) is 2. The van der Waals surface area contributed by atoms with Crippen LogP contribution in [0.3, 0.4) is 0 Å². The van der Waals surface area contributed by atoms with E-state index in [1.807, 2.05) is 72.0 Å². The number of likely N-dealkylation sites (N-methyl/N-ethyl adjacent to an activating group) is 1. The summed E-state index contributed by atoms with van der Waals surface area (Å²) in [5.41, 5.74) is 2.34. The number of rotatable bonds is 7. The van der Waals surface area contributed by atoms with Gasteiger partial charge in [0.25, 0.3) is 5.91 Å². The van der Waals surface area contributed by atoms with Crippen molar-refractivity contribution in [2.45, 2.75) is 52.8 Å². The van der Waals surface area contributed by atoms with Crippen LogP contribution in [0.5, 0.6) is 11.5 Å². The Bertz CT molecular complexity index is 958. The second kappa shape index (κ2) is 9.14. The third-order valence-electron chi connectivity index (χ3n) is 5.27. The molecule has 0 spiro atoms. The molecule has 2 heterocycles. The number of hydrogen-bond donors (Lipinski definition) is 2. The Morgan fingerprint density at radius 1 is 1.16 bits per heavy atom. The molecule has 0 bridgehead atoms. The zero-order chi connectivity index (χ0) is 22.8. The molecule has 0 radical (unpaired) electrons. The van der Waals surface area contributed by atoms with Gasteiger partial charge in [0, 0.05) is 22.5 Å². The number of benzene rings is 1. The molecule has 1 aromatic carbocycles. The van der Waals surface area contributed by atoms with E-state index in [0.29, 0.717) is 18.7 Å². The molecule has 31 heavy (non-hydrogen) atoms. The molecule has 1 amide bonds. The van der Waals surface area contributed by atoms with Crippen molar-refractivity contribution < 1.29 is 24.0 Å². The summed E-state index contributed by atoms with van der Waals surface area (Å²) in [6.07, 6.45) is -0.128. The van der Waals surface area contributed by atoms with Gasteiger partial charge in [0.05, 0.1) is 13.6 Å². The number of ketones is 1. The molecule has 1 aliphatic heterocycles. The minimum atomic E-state index is -0.280. The molecule has 7 nitrogen and oxygen atoms in total. The van der Waals surface area contributed by atoms with E-state index < -0.39 is 0 Å². The molecule has 1 aromatic heterocycles. The minimum absolute atomic E-state index is 0.0339. The first-order valence-electron chi connectivity index (χ1n) is 10.7. The van der Waals surface area contributed by atoms with Gasteiger partial charge in [-0.2, -0.15) is 0 Å². The van der Waals surface area contributed by atoms with Crippen LogP contribution >= 0.6 is 0 Å². The fourth-order valence-electron chi connectivity index (χ4n) is 3.89. The average molecular weight is 429 g/mol. The number of quaternary nitrogens is 1. The Labute approximate surface area is 184 Å². The Morgan fingerprint density at radius 3 is 2.52 bits per heavy atom. The lowest BCUT2D eigenvalue weighted by atomic mass is 10.1. The van der Waals surface area contributed by atoms with Crippen molar-refractivity contribution >= 4 is 11.7 Å². The molecule has 168 valence electrons. The number of para-hydroxylation sites is 2. The first kappa shape index (κ1) is 22.9. The van der Waals surface area contributed by atoms with Gasteiger partial charge in [-0.05, 0) is 52.8 Å². The van der Waals surface area contributed by atoms with Crippen molar-refractivity contribution in [3.8, 4) is 11.5 Å². The number of aryl methyl sites for hydroxylation is 1. The third-order valence-corrected chi connectivity index (χ3v) is 5.27. The highest BCUT2D eigenvalue weighted by Crippen LogP contribution is 2.31. The van der Waals surface area contributed by atoms with Crippen LogP contribution in [0.4, 0.5) is 0 Å². The van der Waals surface area contributed by atoms with E-state index >= 15 is 0 Å². The first-order chi connectivity index (χ1) is 14.5. The summed E-state index contributed by atoms with van der Waals surface area (Å²) in [4.78, 5) is 25.9. The van der Waals surface area contributed by atoms with Crippen molar-refractivity contribution in [1.29, 1.82) is 0 Å². The number of carbonyl (C=O) groups is 2. The fourth-order valence-corrected chi connectivity index (χ4v) is 3.89. The third kappa shape index (κ3) is 5.88. The number of Topliss-reactive ketones (excluding diaryl/α,β-unsaturated/α-hetero) is 1. The number of nitrogens with zero attached hydrogens (tertiary/aromatic N) is 1. The molecule has 2 aromatic rings. The molecular formula is C24H34N3O4+. The number of amides is 1. The number of fused-ring (bicyclic) bond motifs is 1. The predicted molar refractivity (Wildman–Crippen MR) is 119 cm³/mol. The standard InChI is InChI=1S/C24H33N3O4/c1-16-11-19(20(28)13-26(6)14-23(29)25-24(3,4)5)17(2)27(16)12-18-15-30-21-9-7-8-10-22(21)31-18/h7-11,18H,12-15H2,1-6H3,(H,25,29)/p+1/t18-/m1/s1. The van der Waals surface area contributed by atoms with Crippen LogP contribution in [0.2, 0.25) is 0 Å². The van der Waals surface area contributed by atoms with Gasteiger partial charge in [0.15, 0.2) is 24.1 Å². The number of carbonyl (C=O) groups excluding carboxylic acids is 2. The van der Waals surface area contributed by atoms with E-state index in [-0.39, 0.29) is 36.4 Å². The molecule has 1 aliphatic rings. The summed E-state index contributed by atoms with van der Waals surface area (Å²) in [5.74, 6) is 1.48. The smallest absolute Gasteiger partial charge is 0.275 e. The van der Waals surface area contributed by atoms with E-state index in [4.69, 9.17) is 9.47 Å². The van der Waals surface area contributed by atoms with Gasteiger partial charge < -0.3 is 24.3 Å². The van der Waals surface area contributed by atoms with Crippen molar-refractivity contribution in [2.24, 2.45) is 0 Å². The Balaban J connectivity index is 1.63. The van der Waals surface area contributed by atoms with Crippen LogP contribution in [0.1, 0.15) is 42.5 Å². The molecule has 2 atom stereocenters. The van der Waals surface area contributed by atoms with Crippen molar-refractivity contribution in [1.82, 2.24) is 9.88 Å². The largest absolute Gasteiger partial charge is 0.486 e. The van der Waals surface area contributed by atoms with E-state index in [1.54, 1.807) is 0 Å². The normalized spacial score (nSPS) is 16.6. The maximum atomic E-state index is 12.9. The van der Waals surface area contributed by atoms with Gasteiger partial charge in [0.1, 0.15) is 13.2 Å².